The Morgan fingerprint density at radius 2 is 1.85 bits per heavy atom. The fraction of sp³-hybridized carbons (Fsp3) is 0.417. The number of aryl methyl sites for hydroxylation is 1. The Hall–Kier alpha value is -3.62. The third-order valence-electron chi connectivity index (χ3n) is 5.33. The van der Waals surface area contributed by atoms with E-state index in [2.05, 4.69) is 4.98 Å². The largest absolute Gasteiger partial charge is 0.493 e. The third-order valence-corrected chi connectivity index (χ3v) is 5.33. The van der Waals surface area contributed by atoms with Crippen LogP contribution in [0.15, 0.2) is 50.5 Å². The topological polar surface area (TPSA) is 110 Å². The molecule has 0 N–H and O–H groups in total. The molecular weight excluding hydrogens is 428 g/mol. The fourth-order valence-electron chi connectivity index (χ4n) is 3.44. The molecule has 2 aromatic heterocycles. The van der Waals surface area contributed by atoms with Gasteiger partial charge in [-0.1, -0.05) is 31.0 Å². The van der Waals surface area contributed by atoms with Crippen LogP contribution in [0.2, 0.25) is 0 Å². The molecule has 0 spiro atoms. The molecule has 0 saturated heterocycles. The molecule has 3 atom stereocenters. The van der Waals surface area contributed by atoms with Crippen LogP contribution in [-0.2, 0) is 9.53 Å². The van der Waals surface area contributed by atoms with Gasteiger partial charge in [-0.3, -0.25) is 4.79 Å². The van der Waals surface area contributed by atoms with Gasteiger partial charge in [-0.2, -0.15) is 0 Å². The number of hydrogen-bond donors (Lipinski definition) is 0. The Morgan fingerprint density at radius 1 is 1.15 bits per heavy atom. The molecule has 33 heavy (non-hydrogen) atoms. The molecule has 0 radical (unpaired) electrons. The Bertz CT molecular complexity index is 1230. The minimum atomic E-state index is -1.23. The molecule has 0 aliphatic rings. The van der Waals surface area contributed by atoms with Crippen LogP contribution in [0.4, 0.5) is 0 Å². The van der Waals surface area contributed by atoms with Crippen molar-refractivity contribution in [2.45, 2.75) is 58.8 Å². The van der Waals surface area contributed by atoms with Gasteiger partial charge >= 0.3 is 11.7 Å². The van der Waals surface area contributed by atoms with Gasteiger partial charge in [0.05, 0.1) is 7.11 Å². The molecule has 9 heteroatoms. The molecule has 1 aromatic carbocycles. The van der Waals surface area contributed by atoms with Crippen molar-refractivity contribution < 1.29 is 23.4 Å². The first kappa shape index (κ1) is 24.0. The van der Waals surface area contributed by atoms with E-state index >= 15 is 0 Å². The van der Waals surface area contributed by atoms with Gasteiger partial charge in [0.25, 0.3) is 5.56 Å². The highest BCUT2D eigenvalue weighted by Gasteiger charge is 2.29. The van der Waals surface area contributed by atoms with Crippen molar-refractivity contribution in [3.63, 3.8) is 0 Å². The summed E-state index contributed by atoms with van der Waals surface area (Å²) in [4.78, 5) is 42.3. The molecule has 0 unspecified atom stereocenters. The molecule has 9 nitrogen and oxygen atoms in total. The van der Waals surface area contributed by atoms with E-state index in [4.69, 9.17) is 18.6 Å². The highest BCUT2D eigenvalue weighted by atomic mass is 16.6. The van der Waals surface area contributed by atoms with E-state index in [9.17, 15) is 14.4 Å². The van der Waals surface area contributed by atoms with Crippen LogP contribution in [-0.4, -0.2) is 34.8 Å². The van der Waals surface area contributed by atoms with Crippen molar-refractivity contribution in [3.8, 4) is 11.5 Å². The number of ether oxygens (including phenoxy) is 3. The monoisotopic (exact) mass is 456 g/mol. The van der Waals surface area contributed by atoms with Crippen molar-refractivity contribution >= 4 is 17.1 Å². The Kier molecular flexibility index (Phi) is 7.52. The maximum absolute atomic E-state index is 12.9. The number of aromatic nitrogens is 2. The molecule has 0 saturated carbocycles. The number of carbonyl (C=O) groups excluding carboxylic acids is 1. The van der Waals surface area contributed by atoms with E-state index in [0.29, 0.717) is 16.7 Å². The van der Waals surface area contributed by atoms with Gasteiger partial charge in [0.2, 0.25) is 5.58 Å². The van der Waals surface area contributed by atoms with Gasteiger partial charge in [-0.25, -0.2) is 19.1 Å². The molecule has 0 aliphatic heterocycles. The molecule has 2 heterocycles. The van der Waals surface area contributed by atoms with E-state index in [-0.39, 0.29) is 16.8 Å². The van der Waals surface area contributed by atoms with Gasteiger partial charge in [0.1, 0.15) is 24.0 Å². The number of benzene rings is 1. The quantitative estimate of drug-likeness (QED) is 0.451. The number of pyridine rings is 1. The molecule has 3 rings (SSSR count). The fourth-order valence-corrected chi connectivity index (χ4v) is 3.44. The average Bonchev–Trinajstić information content (AvgIpc) is 2.79. The lowest BCUT2D eigenvalue weighted by atomic mass is 10.1. The van der Waals surface area contributed by atoms with Crippen molar-refractivity contribution in [1.82, 2.24) is 9.55 Å². The van der Waals surface area contributed by atoms with Crippen LogP contribution >= 0.6 is 0 Å². The number of hydrogen-bond acceptors (Lipinski definition) is 8. The molecule has 0 fully saturated rings. The zero-order valence-corrected chi connectivity index (χ0v) is 19.4. The van der Waals surface area contributed by atoms with Gasteiger partial charge in [0.15, 0.2) is 11.3 Å². The second-order valence-corrected chi connectivity index (χ2v) is 7.81. The lowest BCUT2D eigenvalue weighted by Crippen LogP contribution is -2.41. The Balaban J connectivity index is 1.82. The number of nitrogens with zero attached hydrogens (tertiary/aromatic N) is 2. The lowest BCUT2D eigenvalue weighted by molar-refractivity contribution is -0.156. The highest BCUT2D eigenvalue weighted by Crippen LogP contribution is 2.21. The highest BCUT2D eigenvalue weighted by molar-refractivity contribution is 5.78. The maximum Gasteiger partial charge on any atom is 0.423 e. The van der Waals surface area contributed by atoms with Crippen molar-refractivity contribution in [2.75, 3.05) is 7.11 Å². The molecular formula is C24H28N2O7. The summed E-state index contributed by atoms with van der Waals surface area (Å²) in [5.74, 6) is -0.896. The van der Waals surface area contributed by atoms with Gasteiger partial charge < -0.3 is 18.6 Å². The van der Waals surface area contributed by atoms with E-state index in [1.165, 1.54) is 26.3 Å². The van der Waals surface area contributed by atoms with Gasteiger partial charge in [-0.15, -0.1) is 0 Å². The minimum Gasteiger partial charge on any atom is -0.493 e. The van der Waals surface area contributed by atoms with E-state index in [1.54, 1.807) is 6.92 Å². The summed E-state index contributed by atoms with van der Waals surface area (Å²) in [5, 5.41) is 0. The summed E-state index contributed by atoms with van der Waals surface area (Å²) in [7, 11) is 1.38. The molecule has 3 aromatic rings. The Morgan fingerprint density at radius 3 is 2.48 bits per heavy atom. The van der Waals surface area contributed by atoms with Gasteiger partial charge in [-0.05, 0) is 39.3 Å². The molecule has 176 valence electrons. The number of methoxy groups -OCH3 is 1. The number of rotatable bonds is 9. The summed E-state index contributed by atoms with van der Waals surface area (Å²) in [5.41, 5.74) is 0.149. The smallest absolute Gasteiger partial charge is 0.423 e. The predicted molar refractivity (Wildman–Crippen MR) is 122 cm³/mol. The summed E-state index contributed by atoms with van der Waals surface area (Å²) in [6.45, 7) is 7.10. The molecule has 0 aliphatic carbocycles. The van der Waals surface area contributed by atoms with Crippen LogP contribution < -0.4 is 20.8 Å². The molecule has 0 bridgehead atoms. The minimum absolute atomic E-state index is 0.0744. The number of fused-ring (bicyclic) bond motifs is 1. The van der Waals surface area contributed by atoms with E-state index in [1.807, 2.05) is 38.1 Å². The summed E-state index contributed by atoms with van der Waals surface area (Å²) < 4.78 is 22.7. The van der Waals surface area contributed by atoms with Crippen molar-refractivity contribution in [3.05, 3.63) is 63.0 Å². The summed E-state index contributed by atoms with van der Waals surface area (Å²) in [6.07, 6.45) is 1.80. The average molecular weight is 456 g/mol. The van der Waals surface area contributed by atoms with Gasteiger partial charge in [0, 0.05) is 12.3 Å². The lowest BCUT2D eigenvalue weighted by Gasteiger charge is -2.26. The predicted octanol–water partition coefficient (Wildman–Crippen LogP) is 3.41. The summed E-state index contributed by atoms with van der Waals surface area (Å²) in [6, 6.07) is 7.83. The first-order chi connectivity index (χ1) is 15.8. The maximum atomic E-state index is 12.9. The SMILES string of the molecule is CCC[C@@H](Oc1ccc(C)cc1)[C@H](C)OC(=O)[C@H](C)n1c(=O)oc2c(OC)ccnc2c1=O. The van der Waals surface area contributed by atoms with Crippen LogP contribution in [0.3, 0.4) is 0 Å². The van der Waals surface area contributed by atoms with E-state index in [0.717, 1.165) is 12.0 Å². The second-order valence-electron chi connectivity index (χ2n) is 7.81. The number of carbonyl (C=O) groups is 1. The summed E-state index contributed by atoms with van der Waals surface area (Å²) >= 11 is 0. The first-order valence-electron chi connectivity index (χ1n) is 10.8. The van der Waals surface area contributed by atoms with Crippen LogP contribution in [0.1, 0.15) is 45.2 Å². The first-order valence-corrected chi connectivity index (χ1v) is 10.8. The zero-order chi connectivity index (χ0) is 24.1. The number of esters is 1. The van der Waals surface area contributed by atoms with Crippen molar-refractivity contribution in [1.29, 1.82) is 0 Å². The van der Waals surface area contributed by atoms with E-state index < -0.39 is 35.5 Å². The van der Waals surface area contributed by atoms with Crippen LogP contribution in [0.5, 0.6) is 11.5 Å². The van der Waals surface area contributed by atoms with Crippen molar-refractivity contribution in [2.24, 2.45) is 0 Å². The normalized spacial score (nSPS) is 13.8. The Labute approximate surface area is 190 Å². The third kappa shape index (κ3) is 5.24. The zero-order valence-electron chi connectivity index (χ0n) is 19.4. The second kappa shape index (κ2) is 10.3. The van der Waals surface area contributed by atoms with Crippen LogP contribution in [0, 0.1) is 6.92 Å². The van der Waals surface area contributed by atoms with Crippen LogP contribution in [0.25, 0.3) is 11.1 Å². The standard InChI is InChI=1S/C24H28N2O7/c1-6-7-18(32-17-10-8-14(2)9-11-17)16(4)31-23(28)15(3)26-22(27)20-21(33-24(26)29)19(30-5)12-13-25-20/h8-13,15-16,18H,6-7H2,1-5H3/t15-,16-,18+/m0/s1. The molecule has 0 amide bonds.